The molecule has 1 heterocycles. The molecule has 1 fully saturated rings. The van der Waals surface area contributed by atoms with Gasteiger partial charge in [0.15, 0.2) is 0 Å². The number of urea groups is 1. The maximum atomic E-state index is 12.1. The van der Waals surface area contributed by atoms with E-state index < -0.39 is 0 Å². The minimum absolute atomic E-state index is 0.236. The molecule has 0 unspecified atom stereocenters. The molecule has 0 atom stereocenters. The molecular weight excluding hydrogens is 354 g/mol. The fourth-order valence-corrected chi connectivity index (χ4v) is 4.03. The lowest BCUT2D eigenvalue weighted by molar-refractivity contribution is 0.251. The van der Waals surface area contributed by atoms with Crippen LogP contribution >= 0.6 is 23.4 Å². The fraction of sp³-hybridized carbons (Fsp3) is 0.316. The minimum Gasteiger partial charge on any atom is -0.369 e. The summed E-state index contributed by atoms with van der Waals surface area (Å²) < 4.78 is 0. The Hall–Kier alpha value is -1.85. The van der Waals surface area contributed by atoms with Gasteiger partial charge in [0.05, 0.1) is 10.7 Å². The molecule has 0 aromatic heterocycles. The van der Waals surface area contributed by atoms with Crippen LogP contribution in [0, 0.1) is 6.92 Å². The Balaban J connectivity index is 1.57. The maximum Gasteiger partial charge on any atom is 0.319 e. The first kappa shape index (κ1) is 18.0. The number of anilines is 2. The van der Waals surface area contributed by atoms with E-state index in [2.05, 4.69) is 21.6 Å². The van der Waals surface area contributed by atoms with Gasteiger partial charge in [-0.15, -0.1) is 0 Å². The number of benzene rings is 2. The van der Waals surface area contributed by atoms with Gasteiger partial charge in [0.1, 0.15) is 0 Å². The van der Waals surface area contributed by atoms with Gasteiger partial charge in [-0.25, -0.2) is 4.79 Å². The average Bonchev–Trinajstić information content (AvgIpc) is 2.61. The Labute approximate surface area is 157 Å². The van der Waals surface area contributed by atoms with Gasteiger partial charge in [-0.3, -0.25) is 0 Å². The molecule has 0 bridgehead atoms. The van der Waals surface area contributed by atoms with Crippen molar-refractivity contribution in [3.63, 3.8) is 0 Å². The van der Waals surface area contributed by atoms with Gasteiger partial charge in [0, 0.05) is 36.8 Å². The molecule has 6 heteroatoms. The predicted octanol–water partition coefficient (Wildman–Crippen LogP) is 4.52. The molecular formula is C19H22ClN3OS. The lowest BCUT2D eigenvalue weighted by Crippen LogP contribution is -2.32. The lowest BCUT2D eigenvalue weighted by Gasteiger charge is -2.29. The third-order valence-electron chi connectivity index (χ3n) is 4.09. The summed E-state index contributed by atoms with van der Waals surface area (Å²) in [5.74, 6) is 2.25. The minimum atomic E-state index is -0.236. The zero-order valence-electron chi connectivity index (χ0n) is 14.2. The number of rotatable bonds is 4. The van der Waals surface area contributed by atoms with Crippen molar-refractivity contribution in [2.75, 3.05) is 34.8 Å². The molecule has 1 saturated heterocycles. The number of nitrogens with zero attached hydrogens (tertiary/aromatic N) is 1. The fourth-order valence-electron chi connectivity index (χ4n) is 2.83. The van der Waals surface area contributed by atoms with Crippen molar-refractivity contribution in [3.8, 4) is 0 Å². The Kier molecular flexibility index (Phi) is 6.10. The number of hydrogen-bond donors (Lipinski definition) is 2. The quantitative estimate of drug-likeness (QED) is 0.825. The van der Waals surface area contributed by atoms with Crippen LogP contribution in [0.4, 0.5) is 16.2 Å². The van der Waals surface area contributed by atoms with Crippen LogP contribution in [0.3, 0.4) is 0 Å². The highest BCUT2D eigenvalue weighted by molar-refractivity contribution is 7.99. The van der Waals surface area contributed by atoms with Crippen LogP contribution in [-0.2, 0) is 6.54 Å². The van der Waals surface area contributed by atoms with E-state index in [1.807, 2.05) is 55.1 Å². The highest BCUT2D eigenvalue weighted by atomic mass is 35.5. The lowest BCUT2D eigenvalue weighted by atomic mass is 10.1. The molecule has 1 aliphatic heterocycles. The number of halogens is 1. The number of carbonyl (C=O) groups excluding carboxylic acids is 1. The van der Waals surface area contributed by atoms with Gasteiger partial charge in [-0.05, 0) is 30.7 Å². The first-order valence-electron chi connectivity index (χ1n) is 8.34. The Morgan fingerprint density at radius 1 is 1.20 bits per heavy atom. The Morgan fingerprint density at radius 3 is 2.72 bits per heavy atom. The third-order valence-corrected chi connectivity index (χ3v) is 5.34. The van der Waals surface area contributed by atoms with Crippen molar-refractivity contribution in [2.24, 2.45) is 0 Å². The average molecular weight is 376 g/mol. The van der Waals surface area contributed by atoms with E-state index in [4.69, 9.17) is 11.6 Å². The normalized spacial score (nSPS) is 14.2. The van der Waals surface area contributed by atoms with Crippen LogP contribution in [0.25, 0.3) is 0 Å². The molecule has 2 amide bonds. The SMILES string of the molecule is Cc1cccc(CNC(=O)Nc2ccc(N3CCSCC3)c(Cl)c2)c1. The molecule has 0 spiro atoms. The van der Waals surface area contributed by atoms with Crippen molar-refractivity contribution in [3.05, 3.63) is 58.6 Å². The summed E-state index contributed by atoms with van der Waals surface area (Å²) in [7, 11) is 0. The monoisotopic (exact) mass is 375 g/mol. The number of nitrogens with one attached hydrogen (secondary N) is 2. The second kappa shape index (κ2) is 8.50. The van der Waals surface area contributed by atoms with Gasteiger partial charge in [0.2, 0.25) is 0 Å². The van der Waals surface area contributed by atoms with E-state index in [9.17, 15) is 4.79 Å². The number of hydrogen-bond acceptors (Lipinski definition) is 3. The first-order chi connectivity index (χ1) is 12.1. The van der Waals surface area contributed by atoms with Crippen molar-refractivity contribution in [1.29, 1.82) is 0 Å². The van der Waals surface area contributed by atoms with Crippen LogP contribution in [0.1, 0.15) is 11.1 Å². The summed E-state index contributed by atoms with van der Waals surface area (Å²) in [5, 5.41) is 6.38. The van der Waals surface area contributed by atoms with Crippen molar-refractivity contribution >= 4 is 40.8 Å². The van der Waals surface area contributed by atoms with Crippen molar-refractivity contribution in [1.82, 2.24) is 5.32 Å². The second-order valence-corrected chi connectivity index (χ2v) is 7.69. The van der Waals surface area contributed by atoms with Crippen LogP contribution < -0.4 is 15.5 Å². The summed E-state index contributed by atoms with van der Waals surface area (Å²) in [6.07, 6.45) is 0. The standard InChI is InChI=1S/C19H22ClN3OS/c1-14-3-2-4-15(11-14)13-21-19(24)22-16-5-6-18(17(20)12-16)23-7-9-25-10-8-23/h2-6,11-12H,7-10,13H2,1H3,(H2,21,22,24). The summed E-state index contributed by atoms with van der Waals surface area (Å²) in [6.45, 7) is 4.54. The number of thioether (sulfide) groups is 1. The summed E-state index contributed by atoms with van der Waals surface area (Å²) >= 11 is 8.38. The van der Waals surface area contributed by atoms with E-state index in [0.717, 1.165) is 35.8 Å². The van der Waals surface area contributed by atoms with Crippen LogP contribution in [-0.4, -0.2) is 30.6 Å². The maximum absolute atomic E-state index is 12.1. The molecule has 0 radical (unpaired) electrons. The molecule has 25 heavy (non-hydrogen) atoms. The van der Waals surface area contributed by atoms with Gasteiger partial charge >= 0.3 is 6.03 Å². The van der Waals surface area contributed by atoms with E-state index >= 15 is 0 Å². The first-order valence-corrected chi connectivity index (χ1v) is 9.88. The van der Waals surface area contributed by atoms with Gasteiger partial charge in [-0.2, -0.15) is 11.8 Å². The summed E-state index contributed by atoms with van der Waals surface area (Å²) in [6, 6.07) is 13.5. The van der Waals surface area contributed by atoms with Crippen molar-refractivity contribution in [2.45, 2.75) is 13.5 Å². The topological polar surface area (TPSA) is 44.4 Å². The number of amides is 2. The van der Waals surface area contributed by atoms with Crippen LogP contribution in [0.15, 0.2) is 42.5 Å². The molecule has 0 saturated carbocycles. The smallest absolute Gasteiger partial charge is 0.319 e. The summed E-state index contributed by atoms with van der Waals surface area (Å²) in [5.41, 5.74) is 3.99. The Bertz CT molecular complexity index is 747. The van der Waals surface area contributed by atoms with E-state index in [-0.39, 0.29) is 6.03 Å². The molecule has 3 rings (SSSR count). The highest BCUT2D eigenvalue weighted by Crippen LogP contribution is 2.30. The number of carbonyl (C=O) groups is 1. The highest BCUT2D eigenvalue weighted by Gasteiger charge is 2.14. The van der Waals surface area contributed by atoms with Gasteiger partial charge in [0.25, 0.3) is 0 Å². The van der Waals surface area contributed by atoms with Crippen LogP contribution in [0.5, 0.6) is 0 Å². The van der Waals surface area contributed by atoms with Crippen molar-refractivity contribution < 1.29 is 4.79 Å². The van der Waals surface area contributed by atoms with Gasteiger partial charge < -0.3 is 15.5 Å². The van der Waals surface area contributed by atoms with Crippen LogP contribution in [0.2, 0.25) is 5.02 Å². The molecule has 1 aliphatic rings. The summed E-state index contributed by atoms with van der Waals surface area (Å²) in [4.78, 5) is 14.4. The van der Waals surface area contributed by atoms with E-state index in [0.29, 0.717) is 17.3 Å². The molecule has 2 N–H and O–H groups in total. The molecule has 2 aromatic rings. The molecule has 2 aromatic carbocycles. The third kappa shape index (κ3) is 5.06. The Morgan fingerprint density at radius 2 is 2.00 bits per heavy atom. The molecule has 4 nitrogen and oxygen atoms in total. The zero-order chi connectivity index (χ0) is 17.6. The molecule has 132 valence electrons. The zero-order valence-corrected chi connectivity index (χ0v) is 15.8. The van der Waals surface area contributed by atoms with E-state index in [1.165, 1.54) is 5.56 Å². The van der Waals surface area contributed by atoms with Gasteiger partial charge in [-0.1, -0.05) is 41.4 Å². The largest absolute Gasteiger partial charge is 0.369 e. The molecule has 0 aliphatic carbocycles. The predicted molar refractivity (Wildman–Crippen MR) is 108 cm³/mol. The second-order valence-electron chi connectivity index (χ2n) is 6.06. The van der Waals surface area contributed by atoms with E-state index in [1.54, 1.807) is 0 Å². The number of aryl methyl sites for hydroxylation is 1.